The van der Waals surface area contributed by atoms with Crippen LogP contribution >= 0.6 is 11.8 Å². The monoisotopic (exact) mass is 324 g/mol. The highest BCUT2D eigenvalue weighted by atomic mass is 32.2. The van der Waals surface area contributed by atoms with Gasteiger partial charge < -0.3 is 9.64 Å². The zero-order chi connectivity index (χ0) is 16.1. The molecule has 22 heavy (non-hydrogen) atoms. The molecule has 1 aliphatic rings. The van der Waals surface area contributed by atoms with E-state index in [1.54, 1.807) is 17.0 Å². The molecule has 1 heterocycles. The van der Waals surface area contributed by atoms with Gasteiger partial charge in [0.25, 0.3) is 5.69 Å². The molecule has 0 spiro atoms. The number of hydrogen-bond acceptors (Lipinski definition) is 6. The molecule has 0 aromatic heterocycles. The second-order valence-electron chi connectivity index (χ2n) is 4.94. The van der Waals surface area contributed by atoms with E-state index in [9.17, 15) is 19.7 Å². The SMILES string of the molecule is CC(=O)S[C@H]1CCN(C(=O)OCc2ccc([N+](=O)[O-])cc2)C1. The zero-order valence-electron chi connectivity index (χ0n) is 12.1. The molecule has 2 rings (SSSR count). The Hall–Kier alpha value is -2.09. The molecule has 1 atom stereocenters. The van der Waals surface area contributed by atoms with Crippen molar-refractivity contribution in [1.82, 2.24) is 4.90 Å². The molecule has 0 saturated carbocycles. The Kier molecular flexibility index (Phi) is 5.37. The predicted molar refractivity (Wildman–Crippen MR) is 81.5 cm³/mol. The summed E-state index contributed by atoms with van der Waals surface area (Å²) in [5.41, 5.74) is 0.687. The van der Waals surface area contributed by atoms with E-state index in [2.05, 4.69) is 0 Å². The minimum atomic E-state index is -0.479. The van der Waals surface area contributed by atoms with Crippen LogP contribution in [0.2, 0.25) is 0 Å². The van der Waals surface area contributed by atoms with E-state index in [-0.39, 0.29) is 22.7 Å². The van der Waals surface area contributed by atoms with Gasteiger partial charge in [-0.1, -0.05) is 11.8 Å². The number of hydrogen-bond donors (Lipinski definition) is 0. The first kappa shape index (κ1) is 16.3. The van der Waals surface area contributed by atoms with Crippen LogP contribution in [0.25, 0.3) is 0 Å². The Bertz CT molecular complexity index is 575. The van der Waals surface area contributed by atoms with E-state index in [0.29, 0.717) is 18.7 Å². The second-order valence-corrected chi connectivity index (χ2v) is 6.42. The summed E-state index contributed by atoms with van der Waals surface area (Å²) in [6, 6.07) is 5.87. The molecule has 0 radical (unpaired) electrons. The molecule has 0 N–H and O–H groups in total. The molecular weight excluding hydrogens is 308 g/mol. The smallest absolute Gasteiger partial charge is 0.410 e. The van der Waals surface area contributed by atoms with Gasteiger partial charge in [-0.05, 0) is 24.1 Å². The van der Waals surface area contributed by atoms with Gasteiger partial charge in [0.2, 0.25) is 0 Å². The number of thioether (sulfide) groups is 1. The number of nitro benzene ring substituents is 1. The Balaban J connectivity index is 1.80. The highest BCUT2D eigenvalue weighted by Crippen LogP contribution is 2.23. The lowest BCUT2D eigenvalue weighted by Gasteiger charge is -2.16. The first-order chi connectivity index (χ1) is 10.5. The quantitative estimate of drug-likeness (QED) is 0.624. The lowest BCUT2D eigenvalue weighted by atomic mass is 10.2. The number of rotatable bonds is 4. The third-order valence-electron chi connectivity index (χ3n) is 3.25. The van der Waals surface area contributed by atoms with Crippen LogP contribution in [0.1, 0.15) is 18.9 Å². The summed E-state index contributed by atoms with van der Waals surface area (Å²) < 4.78 is 5.19. The number of ether oxygens (including phenoxy) is 1. The molecule has 0 aliphatic carbocycles. The second kappa shape index (κ2) is 7.26. The number of carbonyl (C=O) groups is 2. The first-order valence-electron chi connectivity index (χ1n) is 6.78. The van der Waals surface area contributed by atoms with Crippen molar-refractivity contribution < 1.29 is 19.2 Å². The third kappa shape index (κ3) is 4.45. The highest BCUT2D eigenvalue weighted by Gasteiger charge is 2.28. The lowest BCUT2D eigenvalue weighted by molar-refractivity contribution is -0.384. The number of likely N-dealkylation sites (tertiary alicyclic amines) is 1. The minimum Gasteiger partial charge on any atom is -0.445 e. The molecular formula is C14H16N2O5S. The Labute approximate surface area is 131 Å². The van der Waals surface area contributed by atoms with Gasteiger partial charge in [-0.3, -0.25) is 14.9 Å². The molecule has 1 aliphatic heterocycles. The van der Waals surface area contributed by atoms with E-state index in [0.717, 1.165) is 6.42 Å². The van der Waals surface area contributed by atoms with Crippen molar-refractivity contribution in [2.75, 3.05) is 13.1 Å². The number of benzene rings is 1. The summed E-state index contributed by atoms with van der Waals surface area (Å²) in [5.74, 6) is 0. The standard InChI is InChI=1S/C14H16N2O5S/c1-10(17)22-13-6-7-15(8-13)14(18)21-9-11-2-4-12(5-3-11)16(19)20/h2-5,13H,6-9H2,1H3/t13-/m0/s1. The summed E-state index contributed by atoms with van der Waals surface area (Å²) in [7, 11) is 0. The molecule has 1 aromatic carbocycles. The fourth-order valence-electron chi connectivity index (χ4n) is 2.18. The molecule has 8 heteroatoms. The molecule has 118 valence electrons. The van der Waals surface area contributed by atoms with Gasteiger partial charge >= 0.3 is 6.09 Å². The van der Waals surface area contributed by atoms with Crippen LogP contribution in [0, 0.1) is 10.1 Å². The maximum Gasteiger partial charge on any atom is 0.410 e. The number of non-ortho nitro benzene ring substituents is 1. The van der Waals surface area contributed by atoms with Gasteiger partial charge in [0.05, 0.1) is 4.92 Å². The van der Waals surface area contributed by atoms with E-state index in [1.165, 1.54) is 30.8 Å². The first-order valence-corrected chi connectivity index (χ1v) is 7.66. The van der Waals surface area contributed by atoms with Crippen molar-refractivity contribution in [1.29, 1.82) is 0 Å². The summed E-state index contributed by atoms with van der Waals surface area (Å²) >= 11 is 1.25. The summed E-state index contributed by atoms with van der Waals surface area (Å²) in [6.07, 6.45) is 0.349. The van der Waals surface area contributed by atoms with Crippen molar-refractivity contribution in [3.63, 3.8) is 0 Å². The molecule has 7 nitrogen and oxygen atoms in total. The number of nitrogens with zero attached hydrogens (tertiary/aromatic N) is 2. The average molecular weight is 324 g/mol. The van der Waals surface area contributed by atoms with Crippen LogP contribution in [-0.2, 0) is 16.1 Å². The Morgan fingerprint density at radius 3 is 2.68 bits per heavy atom. The average Bonchev–Trinajstić information content (AvgIpc) is 2.93. The van der Waals surface area contributed by atoms with Gasteiger partial charge in [-0.25, -0.2) is 4.79 Å². The predicted octanol–water partition coefficient (Wildman–Crippen LogP) is 2.59. The molecule has 1 saturated heterocycles. The van der Waals surface area contributed by atoms with Gasteiger partial charge in [0.1, 0.15) is 6.61 Å². The summed E-state index contributed by atoms with van der Waals surface area (Å²) in [4.78, 5) is 34.6. The van der Waals surface area contributed by atoms with Crippen LogP contribution in [0.3, 0.4) is 0 Å². The van der Waals surface area contributed by atoms with Crippen molar-refractivity contribution in [2.24, 2.45) is 0 Å². The fourth-order valence-corrected chi connectivity index (χ4v) is 3.12. The van der Waals surface area contributed by atoms with Crippen molar-refractivity contribution >= 4 is 28.7 Å². The highest BCUT2D eigenvalue weighted by molar-refractivity contribution is 8.14. The van der Waals surface area contributed by atoms with E-state index in [1.807, 2.05) is 0 Å². The third-order valence-corrected chi connectivity index (χ3v) is 4.30. The summed E-state index contributed by atoms with van der Waals surface area (Å²) in [6.45, 7) is 2.66. The lowest BCUT2D eigenvalue weighted by Crippen LogP contribution is -2.29. The van der Waals surface area contributed by atoms with Crippen molar-refractivity contribution in [2.45, 2.75) is 25.2 Å². The van der Waals surface area contributed by atoms with E-state index >= 15 is 0 Å². The maximum atomic E-state index is 11.9. The van der Waals surface area contributed by atoms with Crippen LogP contribution in [0.4, 0.5) is 10.5 Å². The molecule has 1 amide bonds. The number of nitro groups is 1. The number of carbonyl (C=O) groups excluding carboxylic acids is 2. The Morgan fingerprint density at radius 2 is 2.09 bits per heavy atom. The van der Waals surface area contributed by atoms with Crippen LogP contribution in [0.5, 0.6) is 0 Å². The molecule has 0 unspecified atom stereocenters. The fraction of sp³-hybridized carbons (Fsp3) is 0.429. The number of amides is 1. The maximum absolute atomic E-state index is 11.9. The van der Waals surface area contributed by atoms with Gasteiger partial charge in [0.15, 0.2) is 5.12 Å². The molecule has 0 bridgehead atoms. The Morgan fingerprint density at radius 1 is 1.41 bits per heavy atom. The van der Waals surface area contributed by atoms with E-state index in [4.69, 9.17) is 4.74 Å². The van der Waals surface area contributed by atoms with Gasteiger partial charge in [-0.2, -0.15) is 0 Å². The minimum absolute atomic E-state index is 0.00119. The van der Waals surface area contributed by atoms with E-state index < -0.39 is 11.0 Å². The topological polar surface area (TPSA) is 89.8 Å². The molecule has 1 aromatic rings. The molecule has 1 fully saturated rings. The largest absolute Gasteiger partial charge is 0.445 e. The van der Waals surface area contributed by atoms with Crippen molar-refractivity contribution in [3.05, 3.63) is 39.9 Å². The van der Waals surface area contributed by atoms with Crippen LogP contribution in [-0.4, -0.2) is 39.4 Å². The van der Waals surface area contributed by atoms with Gasteiger partial charge in [-0.15, -0.1) is 0 Å². The van der Waals surface area contributed by atoms with Crippen molar-refractivity contribution in [3.8, 4) is 0 Å². The van der Waals surface area contributed by atoms with Gasteiger partial charge in [0, 0.05) is 37.4 Å². The summed E-state index contributed by atoms with van der Waals surface area (Å²) in [5, 5.41) is 10.7. The van der Waals surface area contributed by atoms with Crippen LogP contribution in [0.15, 0.2) is 24.3 Å². The normalized spacial score (nSPS) is 17.3. The van der Waals surface area contributed by atoms with Crippen LogP contribution < -0.4 is 0 Å². The zero-order valence-corrected chi connectivity index (χ0v) is 12.9.